The normalized spacial score (nSPS) is 13.2. The van der Waals surface area contributed by atoms with Gasteiger partial charge in [0.05, 0.1) is 11.7 Å². The molecular formula is C19H20N4O4S. The Kier molecular flexibility index (Phi) is 5.84. The zero-order valence-electron chi connectivity index (χ0n) is 15.4. The zero-order valence-corrected chi connectivity index (χ0v) is 16.2. The molecule has 28 heavy (non-hydrogen) atoms. The molecule has 146 valence electrons. The van der Waals surface area contributed by atoms with Crippen molar-refractivity contribution in [3.63, 3.8) is 0 Å². The summed E-state index contributed by atoms with van der Waals surface area (Å²) in [6, 6.07) is 7.47. The molecule has 0 radical (unpaired) electrons. The van der Waals surface area contributed by atoms with Crippen LogP contribution < -0.4 is 10.6 Å². The third-order valence-corrected chi connectivity index (χ3v) is 4.98. The van der Waals surface area contributed by atoms with Gasteiger partial charge in [0.2, 0.25) is 5.91 Å². The fourth-order valence-electron chi connectivity index (χ4n) is 2.85. The summed E-state index contributed by atoms with van der Waals surface area (Å²) in [6.45, 7) is 1.50. The highest BCUT2D eigenvalue weighted by Crippen LogP contribution is 2.24. The molecule has 3 aromatic rings. The first-order valence-electron chi connectivity index (χ1n) is 8.60. The monoisotopic (exact) mass is 400 g/mol. The summed E-state index contributed by atoms with van der Waals surface area (Å²) in [6.07, 6.45) is 3.33. The molecule has 2 atom stereocenters. The lowest BCUT2D eigenvalue weighted by Crippen LogP contribution is -2.51. The Bertz CT molecular complexity index is 1050. The molecule has 8 nitrogen and oxygen atoms in total. The van der Waals surface area contributed by atoms with Crippen molar-refractivity contribution in [3.8, 4) is 0 Å². The Morgan fingerprint density at radius 2 is 1.93 bits per heavy atom. The van der Waals surface area contributed by atoms with Gasteiger partial charge < -0.3 is 20.7 Å². The number of pyridine rings is 1. The SMILES string of the molecule is CSCC(NC(=O)C(C)NC(=O)c1cc2c(cn1)[nH]c1ccccc12)C(=O)O. The maximum absolute atomic E-state index is 12.5. The quantitative estimate of drug-likeness (QED) is 0.479. The van der Waals surface area contributed by atoms with Crippen LogP contribution in [-0.2, 0) is 9.59 Å². The number of amides is 2. The maximum atomic E-state index is 12.5. The largest absolute Gasteiger partial charge is 0.480 e. The van der Waals surface area contributed by atoms with Crippen LogP contribution in [0.3, 0.4) is 0 Å². The summed E-state index contributed by atoms with van der Waals surface area (Å²) in [5.74, 6) is -1.96. The number of carboxylic acids is 1. The van der Waals surface area contributed by atoms with E-state index in [0.29, 0.717) is 0 Å². The van der Waals surface area contributed by atoms with Gasteiger partial charge in [-0.1, -0.05) is 18.2 Å². The number of para-hydroxylation sites is 1. The second kappa shape index (κ2) is 8.30. The number of fused-ring (bicyclic) bond motifs is 3. The fourth-order valence-corrected chi connectivity index (χ4v) is 3.41. The van der Waals surface area contributed by atoms with Crippen LogP contribution in [0.4, 0.5) is 0 Å². The van der Waals surface area contributed by atoms with Crippen LogP contribution in [0.15, 0.2) is 36.5 Å². The van der Waals surface area contributed by atoms with Gasteiger partial charge in [0.1, 0.15) is 17.8 Å². The number of H-pyrrole nitrogens is 1. The topological polar surface area (TPSA) is 124 Å². The summed E-state index contributed by atoms with van der Waals surface area (Å²) in [4.78, 5) is 43.3. The van der Waals surface area contributed by atoms with Crippen LogP contribution in [0.25, 0.3) is 21.8 Å². The van der Waals surface area contributed by atoms with Gasteiger partial charge >= 0.3 is 5.97 Å². The second-order valence-electron chi connectivity index (χ2n) is 6.34. The second-order valence-corrected chi connectivity index (χ2v) is 7.25. The lowest BCUT2D eigenvalue weighted by atomic mass is 10.1. The average Bonchev–Trinajstić information content (AvgIpc) is 3.05. The van der Waals surface area contributed by atoms with E-state index in [1.807, 2.05) is 24.3 Å². The molecule has 2 heterocycles. The van der Waals surface area contributed by atoms with E-state index in [4.69, 9.17) is 5.11 Å². The van der Waals surface area contributed by atoms with Crippen molar-refractivity contribution in [1.82, 2.24) is 20.6 Å². The fraction of sp³-hybridized carbons (Fsp3) is 0.263. The first-order chi connectivity index (χ1) is 13.4. The molecule has 2 amide bonds. The minimum atomic E-state index is -1.12. The molecule has 0 spiro atoms. The van der Waals surface area contributed by atoms with Crippen molar-refractivity contribution < 1.29 is 19.5 Å². The molecular weight excluding hydrogens is 380 g/mol. The minimum Gasteiger partial charge on any atom is -0.480 e. The third kappa shape index (κ3) is 4.09. The van der Waals surface area contributed by atoms with E-state index < -0.39 is 29.9 Å². The molecule has 4 N–H and O–H groups in total. The van der Waals surface area contributed by atoms with Gasteiger partial charge in [0.25, 0.3) is 5.91 Å². The number of hydrogen-bond acceptors (Lipinski definition) is 5. The van der Waals surface area contributed by atoms with E-state index in [-0.39, 0.29) is 11.4 Å². The number of rotatable bonds is 7. The van der Waals surface area contributed by atoms with Crippen LogP contribution in [0.2, 0.25) is 0 Å². The third-order valence-electron chi connectivity index (χ3n) is 4.31. The Morgan fingerprint density at radius 3 is 2.64 bits per heavy atom. The van der Waals surface area contributed by atoms with E-state index in [0.717, 1.165) is 21.8 Å². The van der Waals surface area contributed by atoms with Crippen LogP contribution in [0.1, 0.15) is 17.4 Å². The number of carbonyl (C=O) groups excluding carboxylic acids is 2. The van der Waals surface area contributed by atoms with Crippen molar-refractivity contribution >= 4 is 51.4 Å². The molecule has 9 heteroatoms. The van der Waals surface area contributed by atoms with Gasteiger partial charge in [-0.3, -0.25) is 9.59 Å². The molecule has 0 saturated carbocycles. The number of nitrogens with zero attached hydrogens (tertiary/aromatic N) is 1. The number of benzene rings is 1. The molecule has 0 bridgehead atoms. The average molecular weight is 400 g/mol. The standard InChI is InChI=1S/C19H20N4O4S/c1-10(17(24)23-16(9-28-2)19(26)27)21-18(25)14-7-12-11-5-3-4-6-13(11)22-15(12)8-20-14/h3-8,10,16,22H,9H2,1-2H3,(H,21,25)(H,23,24)(H,26,27). The number of aliphatic carboxylic acids is 1. The number of aromatic amines is 1. The maximum Gasteiger partial charge on any atom is 0.327 e. The van der Waals surface area contributed by atoms with E-state index in [1.54, 1.807) is 18.5 Å². The van der Waals surface area contributed by atoms with Crippen molar-refractivity contribution in [1.29, 1.82) is 0 Å². The summed E-state index contributed by atoms with van der Waals surface area (Å²) in [5, 5.41) is 16.0. The number of aromatic nitrogens is 2. The van der Waals surface area contributed by atoms with Gasteiger partial charge in [-0.15, -0.1) is 0 Å². The van der Waals surface area contributed by atoms with Gasteiger partial charge in [-0.05, 0) is 25.3 Å². The molecule has 2 aromatic heterocycles. The lowest BCUT2D eigenvalue weighted by Gasteiger charge is -2.18. The number of hydrogen-bond donors (Lipinski definition) is 4. The van der Waals surface area contributed by atoms with Crippen LogP contribution in [-0.4, -0.2) is 57.0 Å². The smallest absolute Gasteiger partial charge is 0.327 e. The highest BCUT2D eigenvalue weighted by Gasteiger charge is 2.24. The molecule has 1 aromatic carbocycles. The predicted octanol–water partition coefficient (Wildman–Crippen LogP) is 1.77. The number of thioether (sulfide) groups is 1. The number of nitrogens with one attached hydrogen (secondary N) is 3. The zero-order chi connectivity index (χ0) is 20.3. The van der Waals surface area contributed by atoms with Crippen molar-refractivity contribution in [2.45, 2.75) is 19.0 Å². The van der Waals surface area contributed by atoms with Crippen molar-refractivity contribution in [3.05, 3.63) is 42.2 Å². The Labute approximate surface area is 165 Å². The van der Waals surface area contributed by atoms with E-state index >= 15 is 0 Å². The molecule has 0 saturated heterocycles. The van der Waals surface area contributed by atoms with Crippen molar-refractivity contribution in [2.24, 2.45) is 0 Å². The van der Waals surface area contributed by atoms with Gasteiger partial charge in [0, 0.05) is 22.0 Å². The number of carboxylic acid groups (broad SMARTS) is 1. The summed E-state index contributed by atoms with van der Waals surface area (Å²) in [7, 11) is 0. The van der Waals surface area contributed by atoms with Gasteiger partial charge in [-0.25, -0.2) is 9.78 Å². The Balaban J connectivity index is 1.74. The highest BCUT2D eigenvalue weighted by atomic mass is 32.2. The molecule has 0 aliphatic rings. The molecule has 0 fully saturated rings. The van der Waals surface area contributed by atoms with Gasteiger partial charge in [0.15, 0.2) is 0 Å². The minimum absolute atomic E-state index is 0.177. The van der Waals surface area contributed by atoms with Gasteiger partial charge in [-0.2, -0.15) is 11.8 Å². The molecule has 0 aliphatic heterocycles. The number of carbonyl (C=O) groups is 3. The lowest BCUT2D eigenvalue weighted by molar-refractivity contribution is -0.141. The first-order valence-corrected chi connectivity index (χ1v) is 9.99. The molecule has 3 rings (SSSR count). The Hall–Kier alpha value is -3.07. The van der Waals surface area contributed by atoms with E-state index in [2.05, 4.69) is 20.6 Å². The van der Waals surface area contributed by atoms with Crippen molar-refractivity contribution in [2.75, 3.05) is 12.0 Å². The summed E-state index contributed by atoms with van der Waals surface area (Å²) in [5.41, 5.74) is 1.93. The molecule has 0 aliphatic carbocycles. The molecule has 2 unspecified atom stereocenters. The summed E-state index contributed by atoms with van der Waals surface area (Å²) < 4.78 is 0. The van der Waals surface area contributed by atoms with Crippen LogP contribution >= 0.6 is 11.8 Å². The Morgan fingerprint density at radius 1 is 1.18 bits per heavy atom. The van der Waals surface area contributed by atoms with Crippen LogP contribution in [0.5, 0.6) is 0 Å². The van der Waals surface area contributed by atoms with E-state index in [1.165, 1.54) is 18.7 Å². The first kappa shape index (κ1) is 19.7. The predicted molar refractivity (Wildman–Crippen MR) is 108 cm³/mol. The van der Waals surface area contributed by atoms with Crippen LogP contribution in [0, 0.1) is 0 Å². The highest BCUT2D eigenvalue weighted by molar-refractivity contribution is 7.98. The van der Waals surface area contributed by atoms with E-state index in [9.17, 15) is 14.4 Å². The summed E-state index contributed by atoms with van der Waals surface area (Å²) >= 11 is 1.31.